The number of para-hydroxylation sites is 1. The number of nitrogens with zero attached hydrogens (tertiary/aromatic N) is 1. The molecule has 1 heterocycles. The molecule has 1 amide bonds. The number of benzene rings is 1. The number of aryl methyl sites for hydroxylation is 1. The number of ether oxygens (including phenoxy) is 2. The lowest BCUT2D eigenvalue weighted by molar-refractivity contribution is 0.0577. The molecule has 4 heteroatoms. The van der Waals surface area contributed by atoms with E-state index in [0.717, 1.165) is 29.8 Å². The van der Waals surface area contributed by atoms with Crippen molar-refractivity contribution in [3.05, 3.63) is 23.8 Å². The largest absolute Gasteiger partial charge is 0.495 e. The molecule has 1 aliphatic heterocycles. The van der Waals surface area contributed by atoms with Crippen LogP contribution in [0.1, 0.15) is 32.8 Å². The normalized spacial score (nSPS) is 14.8. The van der Waals surface area contributed by atoms with Gasteiger partial charge in [-0.1, -0.05) is 12.1 Å². The van der Waals surface area contributed by atoms with Gasteiger partial charge in [-0.05, 0) is 45.2 Å². The SMILES string of the molecule is COc1cccc2c1N(C(=O)OC(C)(C)C)CCC2. The van der Waals surface area contributed by atoms with Crippen LogP contribution in [0.25, 0.3) is 0 Å². The summed E-state index contributed by atoms with van der Waals surface area (Å²) in [7, 11) is 1.62. The maximum Gasteiger partial charge on any atom is 0.414 e. The summed E-state index contributed by atoms with van der Waals surface area (Å²) in [6.07, 6.45) is 1.60. The molecule has 0 aliphatic carbocycles. The average molecular weight is 263 g/mol. The first-order valence-electron chi connectivity index (χ1n) is 6.59. The molecule has 0 bridgehead atoms. The van der Waals surface area contributed by atoms with Crippen molar-refractivity contribution < 1.29 is 14.3 Å². The molecule has 1 aromatic carbocycles. The molecule has 1 aromatic rings. The van der Waals surface area contributed by atoms with Crippen LogP contribution in [-0.4, -0.2) is 25.3 Å². The Bertz CT molecular complexity index is 463. The minimum absolute atomic E-state index is 0.307. The molecule has 0 saturated carbocycles. The van der Waals surface area contributed by atoms with Crippen LogP contribution in [-0.2, 0) is 11.2 Å². The smallest absolute Gasteiger partial charge is 0.414 e. The fourth-order valence-corrected chi connectivity index (χ4v) is 2.28. The second-order valence-electron chi connectivity index (χ2n) is 5.70. The van der Waals surface area contributed by atoms with Gasteiger partial charge >= 0.3 is 6.09 Å². The first kappa shape index (κ1) is 13.7. The van der Waals surface area contributed by atoms with Gasteiger partial charge in [0.2, 0.25) is 0 Å². The van der Waals surface area contributed by atoms with Crippen LogP contribution < -0.4 is 9.64 Å². The van der Waals surface area contributed by atoms with Crippen molar-refractivity contribution >= 4 is 11.8 Å². The Balaban J connectivity index is 2.34. The molecule has 1 aliphatic rings. The van der Waals surface area contributed by atoms with Gasteiger partial charge in [0.15, 0.2) is 0 Å². The van der Waals surface area contributed by atoms with E-state index < -0.39 is 5.60 Å². The van der Waals surface area contributed by atoms with E-state index in [2.05, 4.69) is 0 Å². The van der Waals surface area contributed by atoms with Crippen LogP contribution in [0.15, 0.2) is 18.2 Å². The van der Waals surface area contributed by atoms with Gasteiger partial charge in [0.05, 0.1) is 12.8 Å². The number of hydrogen-bond acceptors (Lipinski definition) is 3. The van der Waals surface area contributed by atoms with Gasteiger partial charge in [0, 0.05) is 6.54 Å². The zero-order chi connectivity index (χ0) is 14.0. The van der Waals surface area contributed by atoms with Crippen molar-refractivity contribution in [2.45, 2.75) is 39.2 Å². The Kier molecular flexibility index (Phi) is 3.69. The molecule has 0 N–H and O–H groups in total. The Labute approximate surface area is 114 Å². The quantitative estimate of drug-likeness (QED) is 0.779. The van der Waals surface area contributed by atoms with E-state index in [0.29, 0.717) is 6.54 Å². The minimum atomic E-state index is -0.489. The molecule has 0 spiro atoms. The molecule has 19 heavy (non-hydrogen) atoms. The van der Waals surface area contributed by atoms with Gasteiger partial charge in [0.25, 0.3) is 0 Å². The van der Waals surface area contributed by atoms with Crippen molar-refractivity contribution in [2.75, 3.05) is 18.6 Å². The lowest BCUT2D eigenvalue weighted by atomic mass is 10.0. The highest BCUT2D eigenvalue weighted by Crippen LogP contribution is 2.36. The first-order chi connectivity index (χ1) is 8.92. The number of hydrogen-bond donors (Lipinski definition) is 0. The summed E-state index contributed by atoms with van der Waals surface area (Å²) in [6.45, 7) is 6.29. The third-order valence-corrected chi connectivity index (χ3v) is 3.01. The van der Waals surface area contributed by atoms with E-state index in [9.17, 15) is 4.79 Å². The molecular formula is C15H21NO3. The number of rotatable bonds is 1. The number of carbonyl (C=O) groups excluding carboxylic acids is 1. The van der Waals surface area contributed by atoms with E-state index in [-0.39, 0.29) is 6.09 Å². The number of amides is 1. The number of methoxy groups -OCH3 is 1. The fourth-order valence-electron chi connectivity index (χ4n) is 2.28. The minimum Gasteiger partial charge on any atom is -0.495 e. The molecule has 0 unspecified atom stereocenters. The molecule has 0 saturated heterocycles. The third-order valence-electron chi connectivity index (χ3n) is 3.01. The monoisotopic (exact) mass is 263 g/mol. The Hall–Kier alpha value is -1.71. The van der Waals surface area contributed by atoms with Gasteiger partial charge < -0.3 is 9.47 Å². The molecular weight excluding hydrogens is 242 g/mol. The van der Waals surface area contributed by atoms with Crippen LogP contribution in [0, 0.1) is 0 Å². The van der Waals surface area contributed by atoms with E-state index in [4.69, 9.17) is 9.47 Å². The van der Waals surface area contributed by atoms with E-state index in [1.807, 2.05) is 39.0 Å². The van der Waals surface area contributed by atoms with E-state index in [1.54, 1.807) is 12.0 Å². The highest BCUT2D eigenvalue weighted by Gasteiger charge is 2.29. The van der Waals surface area contributed by atoms with Crippen molar-refractivity contribution in [3.8, 4) is 5.75 Å². The summed E-state index contributed by atoms with van der Waals surface area (Å²) < 4.78 is 10.8. The molecule has 0 fully saturated rings. The number of anilines is 1. The van der Waals surface area contributed by atoms with E-state index in [1.165, 1.54) is 0 Å². The summed E-state index contributed by atoms with van der Waals surface area (Å²) in [5, 5.41) is 0. The molecule has 2 rings (SSSR count). The third kappa shape index (κ3) is 3.00. The summed E-state index contributed by atoms with van der Waals surface area (Å²) in [5.41, 5.74) is 1.50. The standard InChI is InChI=1S/C15H21NO3/c1-15(2,3)19-14(17)16-10-6-8-11-7-5-9-12(18-4)13(11)16/h5,7,9H,6,8,10H2,1-4H3. The lowest BCUT2D eigenvalue weighted by Crippen LogP contribution is -2.40. The zero-order valence-electron chi connectivity index (χ0n) is 12.0. The van der Waals surface area contributed by atoms with Gasteiger partial charge in [-0.3, -0.25) is 4.90 Å². The lowest BCUT2D eigenvalue weighted by Gasteiger charge is -2.32. The predicted molar refractivity (Wildman–Crippen MR) is 74.9 cm³/mol. The fraction of sp³-hybridized carbons (Fsp3) is 0.533. The summed E-state index contributed by atoms with van der Waals surface area (Å²) in [4.78, 5) is 14.0. The van der Waals surface area contributed by atoms with Crippen molar-refractivity contribution in [3.63, 3.8) is 0 Å². The van der Waals surface area contributed by atoms with Gasteiger partial charge in [0.1, 0.15) is 11.4 Å². The summed E-state index contributed by atoms with van der Waals surface area (Å²) in [6, 6.07) is 5.87. The maximum atomic E-state index is 12.3. The van der Waals surface area contributed by atoms with Gasteiger partial charge in [-0.25, -0.2) is 4.79 Å². The maximum absolute atomic E-state index is 12.3. The van der Waals surface area contributed by atoms with Crippen molar-refractivity contribution in [2.24, 2.45) is 0 Å². The first-order valence-corrected chi connectivity index (χ1v) is 6.59. The van der Waals surface area contributed by atoms with Gasteiger partial charge in [-0.2, -0.15) is 0 Å². The number of carbonyl (C=O) groups is 1. The molecule has 4 nitrogen and oxygen atoms in total. The van der Waals surface area contributed by atoms with Crippen molar-refractivity contribution in [1.29, 1.82) is 0 Å². The summed E-state index contributed by atoms with van der Waals surface area (Å²) in [5.74, 6) is 0.725. The van der Waals surface area contributed by atoms with Crippen LogP contribution in [0.3, 0.4) is 0 Å². The Morgan fingerprint density at radius 1 is 1.32 bits per heavy atom. The molecule has 0 aromatic heterocycles. The number of fused-ring (bicyclic) bond motifs is 1. The van der Waals surface area contributed by atoms with Crippen LogP contribution >= 0.6 is 0 Å². The van der Waals surface area contributed by atoms with E-state index >= 15 is 0 Å². The molecule has 0 radical (unpaired) electrons. The van der Waals surface area contributed by atoms with Crippen LogP contribution in [0.5, 0.6) is 5.75 Å². The van der Waals surface area contributed by atoms with Crippen LogP contribution in [0.2, 0.25) is 0 Å². The zero-order valence-corrected chi connectivity index (χ0v) is 12.0. The second-order valence-corrected chi connectivity index (χ2v) is 5.70. The van der Waals surface area contributed by atoms with Gasteiger partial charge in [-0.15, -0.1) is 0 Å². The second kappa shape index (κ2) is 5.11. The molecule has 0 atom stereocenters. The van der Waals surface area contributed by atoms with Crippen LogP contribution in [0.4, 0.5) is 10.5 Å². The van der Waals surface area contributed by atoms with Crippen molar-refractivity contribution in [1.82, 2.24) is 0 Å². The predicted octanol–water partition coefficient (Wildman–Crippen LogP) is 3.38. The topological polar surface area (TPSA) is 38.8 Å². The Morgan fingerprint density at radius 2 is 2.05 bits per heavy atom. The molecule has 104 valence electrons. The Morgan fingerprint density at radius 3 is 2.68 bits per heavy atom. The highest BCUT2D eigenvalue weighted by atomic mass is 16.6. The highest BCUT2D eigenvalue weighted by molar-refractivity contribution is 5.91. The average Bonchev–Trinajstić information content (AvgIpc) is 2.35. The summed E-state index contributed by atoms with van der Waals surface area (Å²) >= 11 is 0.